The van der Waals surface area contributed by atoms with Gasteiger partial charge in [0.25, 0.3) is 5.91 Å². The minimum Gasteiger partial charge on any atom is -0.370 e. The van der Waals surface area contributed by atoms with E-state index in [2.05, 4.69) is 9.88 Å². The van der Waals surface area contributed by atoms with Gasteiger partial charge in [-0.25, -0.2) is 9.37 Å². The van der Waals surface area contributed by atoms with Gasteiger partial charge in [-0.15, -0.1) is 0 Å². The Balaban J connectivity index is 1.57. The monoisotopic (exact) mass is 355 g/mol. The Morgan fingerprint density at radius 3 is 2.65 bits per heavy atom. The Morgan fingerprint density at radius 2 is 1.88 bits per heavy atom. The van der Waals surface area contributed by atoms with E-state index in [0.29, 0.717) is 31.1 Å². The fourth-order valence-electron chi connectivity index (χ4n) is 3.63. The second kappa shape index (κ2) is 7.41. The van der Waals surface area contributed by atoms with Crippen molar-refractivity contribution in [3.63, 3.8) is 0 Å². The van der Waals surface area contributed by atoms with Gasteiger partial charge in [-0.05, 0) is 42.7 Å². The zero-order valence-corrected chi connectivity index (χ0v) is 14.6. The first-order chi connectivity index (χ1) is 12.7. The number of aromatic nitrogens is 1. The number of benzene rings is 1. The number of carbonyl (C=O) groups excluding carboxylic acids is 1. The minimum absolute atomic E-state index is 0.0513. The van der Waals surface area contributed by atoms with Gasteiger partial charge >= 0.3 is 0 Å². The molecule has 0 spiro atoms. The number of nitrogens with zero attached hydrogens (tertiary/aromatic N) is 3. The molecule has 1 aromatic carbocycles. The number of likely N-dealkylation sites (tertiary alicyclic amines) is 1. The molecule has 1 amide bonds. The van der Waals surface area contributed by atoms with Gasteiger partial charge in [0.15, 0.2) is 0 Å². The largest absolute Gasteiger partial charge is 0.370 e. The average Bonchev–Trinajstić information content (AvgIpc) is 3.23. The molecule has 4 rings (SSSR count). The first kappa shape index (κ1) is 17.0. The van der Waals surface area contributed by atoms with E-state index in [4.69, 9.17) is 4.74 Å². The number of amides is 1. The molecule has 6 heteroatoms. The van der Waals surface area contributed by atoms with Crippen LogP contribution in [0.3, 0.4) is 0 Å². The number of pyridine rings is 1. The van der Waals surface area contributed by atoms with Gasteiger partial charge in [-0.2, -0.15) is 0 Å². The third kappa shape index (κ3) is 3.42. The second-order valence-corrected chi connectivity index (χ2v) is 6.73. The summed E-state index contributed by atoms with van der Waals surface area (Å²) in [6.07, 6.45) is 3.68. The van der Waals surface area contributed by atoms with Crippen LogP contribution in [-0.4, -0.2) is 48.6 Å². The molecule has 5 nitrogen and oxygen atoms in total. The van der Waals surface area contributed by atoms with E-state index in [9.17, 15) is 9.18 Å². The highest BCUT2D eigenvalue weighted by molar-refractivity contribution is 5.99. The van der Waals surface area contributed by atoms with E-state index in [1.165, 1.54) is 12.1 Å². The van der Waals surface area contributed by atoms with E-state index < -0.39 is 0 Å². The van der Waals surface area contributed by atoms with Crippen LogP contribution in [-0.2, 0) is 4.74 Å². The van der Waals surface area contributed by atoms with Crippen molar-refractivity contribution >= 4 is 11.7 Å². The zero-order valence-electron chi connectivity index (χ0n) is 14.6. The Bertz CT molecular complexity index is 775. The summed E-state index contributed by atoms with van der Waals surface area (Å²) in [5.41, 5.74) is 1.58. The molecular weight excluding hydrogens is 333 g/mol. The van der Waals surface area contributed by atoms with Crippen molar-refractivity contribution in [2.75, 3.05) is 37.7 Å². The van der Waals surface area contributed by atoms with Crippen LogP contribution in [0.2, 0.25) is 0 Å². The number of morpholine rings is 1. The Kier molecular flexibility index (Phi) is 4.84. The summed E-state index contributed by atoms with van der Waals surface area (Å²) < 4.78 is 19.1. The lowest BCUT2D eigenvalue weighted by Gasteiger charge is -2.35. The Morgan fingerprint density at radius 1 is 1.12 bits per heavy atom. The van der Waals surface area contributed by atoms with Crippen molar-refractivity contribution in [1.82, 2.24) is 9.88 Å². The number of anilines is 1. The standard InChI is InChI=1S/C20H22FN3O2/c21-16-7-5-15(6-8-16)18-14-24(12-13-26-18)19-17(4-3-9-22-19)20(25)23-10-1-2-11-23/h3-9,18H,1-2,10-14H2/t18-/m1/s1. The Labute approximate surface area is 152 Å². The minimum atomic E-state index is -0.260. The first-order valence-corrected chi connectivity index (χ1v) is 9.09. The van der Waals surface area contributed by atoms with Gasteiger partial charge in [-0.1, -0.05) is 12.1 Å². The predicted octanol–water partition coefficient (Wildman–Crippen LogP) is 3.03. The van der Waals surface area contributed by atoms with E-state index in [1.807, 2.05) is 17.0 Å². The molecule has 2 aliphatic rings. The summed E-state index contributed by atoms with van der Waals surface area (Å²) in [5, 5.41) is 0. The molecule has 0 saturated carbocycles. The zero-order chi connectivity index (χ0) is 17.9. The maximum Gasteiger partial charge on any atom is 0.257 e. The lowest BCUT2D eigenvalue weighted by molar-refractivity contribution is 0.0393. The summed E-state index contributed by atoms with van der Waals surface area (Å²) >= 11 is 0. The molecule has 2 fully saturated rings. The van der Waals surface area contributed by atoms with Crippen LogP contribution in [0.1, 0.15) is 34.9 Å². The number of rotatable bonds is 3. The fourth-order valence-corrected chi connectivity index (χ4v) is 3.63. The number of ether oxygens (including phenoxy) is 1. The fraction of sp³-hybridized carbons (Fsp3) is 0.400. The number of hydrogen-bond donors (Lipinski definition) is 0. The molecule has 2 saturated heterocycles. The van der Waals surface area contributed by atoms with Crippen LogP contribution in [0.5, 0.6) is 0 Å². The highest BCUT2D eigenvalue weighted by atomic mass is 19.1. The van der Waals surface area contributed by atoms with Crippen LogP contribution in [0, 0.1) is 5.82 Å². The maximum atomic E-state index is 13.2. The highest BCUT2D eigenvalue weighted by Crippen LogP contribution is 2.28. The molecule has 2 aliphatic heterocycles. The first-order valence-electron chi connectivity index (χ1n) is 9.09. The molecule has 0 radical (unpaired) electrons. The highest BCUT2D eigenvalue weighted by Gasteiger charge is 2.28. The quantitative estimate of drug-likeness (QED) is 0.849. The van der Waals surface area contributed by atoms with Gasteiger partial charge < -0.3 is 14.5 Å². The molecule has 1 aromatic heterocycles. The lowest BCUT2D eigenvalue weighted by atomic mass is 10.1. The smallest absolute Gasteiger partial charge is 0.257 e. The number of carbonyl (C=O) groups is 1. The molecule has 2 aromatic rings. The van der Waals surface area contributed by atoms with E-state index in [-0.39, 0.29) is 17.8 Å². The van der Waals surface area contributed by atoms with Crippen molar-refractivity contribution in [2.24, 2.45) is 0 Å². The van der Waals surface area contributed by atoms with Gasteiger partial charge in [0.2, 0.25) is 0 Å². The molecule has 0 N–H and O–H groups in total. The van der Waals surface area contributed by atoms with Gasteiger partial charge in [0.1, 0.15) is 17.7 Å². The predicted molar refractivity (Wildman–Crippen MR) is 96.7 cm³/mol. The second-order valence-electron chi connectivity index (χ2n) is 6.73. The molecule has 1 atom stereocenters. The van der Waals surface area contributed by atoms with Crippen molar-refractivity contribution in [1.29, 1.82) is 0 Å². The lowest BCUT2D eigenvalue weighted by Crippen LogP contribution is -2.40. The third-order valence-electron chi connectivity index (χ3n) is 5.02. The Hall–Kier alpha value is -2.47. The number of hydrogen-bond acceptors (Lipinski definition) is 4. The molecule has 0 unspecified atom stereocenters. The molecule has 3 heterocycles. The summed E-state index contributed by atoms with van der Waals surface area (Å²) in [4.78, 5) is 21.4. The van der Waals surface area contributed by atoms with Crippen molar-refractivity contribution in [2.45, 2.75) is 18.9 Å². The molecular formula is C20H22FN3O2. The molecule has 136 valence electrons. The molecule has 26 heavy (non-hydrogen) atoms. The van der Waals surface area contributed by atoms with Crippen LogP contribution in [0.4, 0.5) is 10.2 Å². The summed E-state index contributed by atoms with van der Waals surface area (Å²) in [5.74, 6) is 0.500. The van der Waals surface area contributed by atoms with Gasteiger partial charge in [0.05, 0.1) is 12.2 Å². The summed E-state index contributed by atoms with van der Waals surface area (Å²) in [7, 11) is 0. The van der Waals surface area contributed by atoms with Gasteiger partial charge in [-0.3, -0.25) is 4.79 Å². The third-order valence-corrected chi connectivity index (χ3v) is 5.02. The topological polar surface area (TPSA) is 45.7 Å². The average molecular weight is 355 g/mol. The van der Waals surface area contributed by atoms with E-state index in [0.717, 1.165) is 31.5 Å². The van der Waals surface area contributed by atoms with Crippen LogP contribution in [0.25, 0.3) is 0 Å². The van der Waals surface area contributed by atoms with Crippen molar-refractivity contribution in [3.8, 4) is 0 Å². The van der Waals surface area contributed by atoms with E-state index >= 15 is 0 Å². The van der Waals surface area contributed by atoms with Crippen molar-refractivity contribution < 1.29 is 13.9 Å². The van der Waals surface area contributed by atoms with Crippen LogP contribution >= 0.6 is 0 Å². The summed E-state index contributed by atoms with van der Waals surface area (Å²) in [6.45, 7) is 3.43. The van der Waals surface area contributed by atoms with Crippen LogP contribution < -0.4 is 4.90 Å². The van der Waals surface area contributed by atoms with Crippen molar-refractivity contribution in [3.05, 3.63) is 59.5 Å². The number of halogens is 1. The normalized spacial score (nSPS) is 20.4. The molecule has 0 bridgehead atoms. The SMILES string of the molecule is O=C(c1cccnc1N1CCO[C@@H](c2ccc(F)cc2)C1)N1CCCC1. The van der Waals surface area contributed by atoms with Gasteiger partial charge in [0, 0.05) is 32.4 Å². The van der Waals surface area contributed by atoms with Crippen LogP contribution in [0.15, 0.2) is 42.6 Å². The maximum absolute atomic E-state index is 13.2. The molecule has 0 aliphatic carbocycles. The van der Waals surface area contributed by atoms with E-state index in [1.54, 1.807) is 18.3 Å². The summed E-state index contributed by atoms with van der Waals surface area (Å²) in [6, 6.07) is 10.0.